The second kappa shape index (κ2) is 6.46. The number of hydrogen-bond acceptors (Lipinski definition) is 3. The quantitative estimate of drug-likeness (QED) is 0.687. The summed E-state index contributed by atoms with van der Waals surface area (Å²) in [6.45, 7) is 8.54. The van der Waals surface area contributed by atoms with Crippen LogP contribution in [0.5, 0.6) is 0 Å². The summed E-state index contributed by atoms with van der Waals surface area (Å²) < 4.78 is 11.0. The largest absolute Gasteiger partial charge is 0.381 e. The molecule has 0 aliphatic carbocycles. The van der Waals surface area contributed by atoms with Gasteiger partial charge in [0.15, 0.2) is 0 Å². The first-order valence-corrected chi connectivity index (χ1v) is 6.04. The van der Waals surface area contributed by atoms with Crippen molar-refractivity contribution in [2.75, 3.05) is 33.0 Å². The minimum absolute atomic E-state index is 0.287. The van der Waals surface area contributed by atoms with Gasteiger partial charge in [-0.15, -0.1) is 0 Å². The van der Waals surface area contributed by atoms with E-state index in [1.54, 1.807) is 0 Å². The lowest BCUT2D eigenvalue weighted by Gasteiger charge is -2.36. The molecule has 0 amide bonds. The fourth-order valence-corrected chi connectivity index (χ4v) is 1.97. The van der Waals surface area contributed by atoms with Gasteiger partial charge in [-0.25, -0.2) is 0 Å². The van der Waals surface area contributed by atoms with E-state index in [0.29, 0.717) is 5.92 Å². The molecule has 2 N–H and O–H groups in total. The molecular formula is C12H25NO2. The summed E-state index contributed by atoms with van der Waals surface area (Å²) in [6.07, 6.45) is 3.27. The third-order valence-electron chi connectivity index (χ3n) is 3.21. The second-order valence-corrected chi connectivity index (χ2v) is 5.04. The Bertz CT molecular complexity index is 165. The Balaban J connectivity index is 2.20. The highest BCUT2D eigenvalue weighted by atomic mass is 16.5. The molecule has 1 heterocycles. The lowest BCUT2D eigenvalue weighted by Crippen LogP contribution is -2.37. The van der Waals surface area contributed by atoms with Crippen LogP contribution in [0.25, 0.3) is 0 Å². The summed E-state index contributed by atoms with van der Waals surface area (Å²) in [5.41, 5.74) is 6.16. The van der Waals surface area contributed by atoms with E-state index in [4.69, 9.17) is 15.2 Å². The zero-order valence-corrected chi connectivity index (χ0v) is 10.1. The summed E-state index contributed by atoms with van der Waals surface area (Å²) >= 11 is 0. The van der Waals surface area contributed by atoms with Crippen molar-refractivity contribution in [1.82, 2.24) is 0 Å². The maximum Gasteiger partial charge on any atom is 0.0488 e. The van der Waals surface area contributed by atoms with Gasteiger partial charge in [0.05, 0.1) is 0 Å². The molecule has 1 aliphatic rings. The molecule has 0 bridgehead atoms. The first-order valence-electron chi connectivity index (χ1n) is 6.04. The van der Waals surface area contributed by atoms with Crippen LogP contribution in [-0.4, -0.2) is 33.0 Å². The summed E-state index contributed by atoms with van der Waals surface area (Å²) in [5, 5.41) is 0. The van der Waals surface area contributed by atoms with Gasteiger partial charge in [-0.1, -0.05) is 13.8 Å². The topological polar surface area (TPSA) is 44.5 Å². The predicted octanol–water partition coefficient (Wildman–Crippen LogP) is 1.80. The van der Waals surface area contributed by atoms with Crippen LogP contribution in [0.1, 0.15) is 33.1 Å². The molecular weight excluding hydrogens is 190 g/mol. The summed E-state index contributed by atoms with van der Waals surface area (Å²) in [4.78, 5) is 0. The zero-order chi connectivity index (χ0) is 11.1. The Morgan fingerprint density at radius 1 is 1.33 bits per heavy atom. The summed E-state index contributed by atoms with van der Waals surface area (Å²) in [7, 11) is 0. The second-order valence-electron chi connectivity index (χ2n) is 5.04. The molecule has 1 rings (SSSR count). The van der Waals surface area contributed by atoms with E-state index in [1.807, 2.05) is 0 Å². The molecule has 1 aliphatic heterocycles. The first kappa shape index (κ1) is 12.9. The standard InChI is InChI=1S/C12H25NO2/c1-11(2)9-15-8-5-12(10-13)3-6-14-7-4-12/h11H,3-10,13H2,1-2H3. The van der Waals surface area contributed by atoms with E-state index in [0.717, 1.165) is 52.2 Å². The SMILES string of the molecule is CC(C)COCCC1(CN)CCOCC1. The molecule has 0 unspecified atom stereocenters. The Labute approximate surface area is 93.3 Å². The van der Waals surface area contributed by atoms with E-state index in [-0.39, 0.29) is 5.41 Å². The molecule has 15 heavy (non-hydrogen) atoms. The van der Waals surface area contributed by atoms with Crippen molar-refractivity contribution in [3.8, 4) is 0 Å². The van der Waals surface area contributed by atoms with Gasteiger partial charge < -0.3 is 15.2 Å². The molecule has 0 aromatic rings. The van der Waals surface area contributed by atoms with Crippen LogP contribution in [-0.2, 0) is 9.47 Å². The van der Waals surface area contributed by atoms with Crippen LogP contribution in [0, 0.1) is 11.3 Å². The maximum atomic E-state index is 5.87. The van der Waals surface area contributed by atoms with E-state index >= 15 is 0 Å². The third-order valence-corrected chi connectivity index (χ3v) is 3.21. The van der Waals surface area contributed by atoms with Crippen molar-refractivity contribution >= 4 is 0 Å². The minimum Gasteiger partial charge on any atom is -0.381 e. The van der Waals surface area contributed by atoms with Gasteiger partial charge in [-0.05, 0) is 37.1 Å². The lowest BCUT2D eigenvalue weighted by molar-refractivity contribution is -0.00465. The minimum atomic E-state index is 0.287. The molecule has 0 spiro atoms. The van der Waals surface area contributed by atoms with Crippen LogP contribution in [0.3, 0.4) is 0 Å². The van der Waals surface area contributed by atoms with Crippen LogP contribution in [0.15, 0.2) is 0 Å². The van der Waals surface area contributed by atoms with E-state index in [9.17, 15) is 0 Å². The van der Waals surface area contributed by atoms with Crippen LogP contribution >= 0.6 is 0 Å². The highest BCUT2D eigenvalue weighted by Gasteiger charge is 2.30. The van der Waals surface area contributed by atoms with Crippen molar-refractivity contribution in [3.05, 3.63) is 0 Å². The number of ether oxygens (including phenoxy) is 2. The average Bonchev–Trinajstić information content (AvgIpc) is 2.26. The molecule has 1 fully saturated rings. The fraction of sp³-hybridized carbons (Fsp3) is 1.00. The molecule has 90 valence electrons. The van der Waals surface area contributed by atoms with Crippen molar-refractivity contribution < 1.29 is 9.47 Å². The Morgan fingerprint density at radius 2 is 2.00 bits per heavy atom. The van der Waals surface area contributed by atoms with Gasteiger partial charge in [0.2, 0.25) is 0 Å². The Kier molecular flexibility index (Phi) is 5.58. The van der Waals surface area contributed by atoms with Gasteiger partial charge in [-0.3, -0.25) is 0 Å². The van der Waals surface area contributed by atoms with Gasteiger partial charge in [0, 0.05) is 26.4 Å². The monoisotopic (exact) mass is 215 g/mol. The van der Waals surface area contributed by atoms with Crippen molar-refractivity contribution in [3.63, 3.8) is 0 Å². The van der Waals surface area contributed by atoms with Crippen molar-refractivity contribution in [2.24, 2.45) is 17.1 Å². The molecule has 0 atom stereocenters. The number of nitrogens with two attached hydrogens (primary N) is 1. The highest BCUT2D eigenvalue weighted by Crippen LogP contribution is 2.32. The van der Waals surface area contributed by atoms with Crippen molar-refractivity contribution in [1.29, 1.82) is 0 Å². The Morgan fingerprint density at radius 3 is 2.53 bits per heavy atom. The van der Waals surface area contributed by atoms with Gasteiger partial charge in [0.25, 0.3) is 0 Å². The highest BCUT2D eigenvalue weighted by molar-refractivity contribution is 4.82. The number of hydrogen-bond donors (Lipinski definition) is 1. The maximum absolute atomic E-state index is 5.87. The van der Waals surface area contributed by atoms with Gasteiger partial charge >= 0.3 is 0 Å². The van der Waals surface area contributed by atoms with Crippen LogP contribution in [0.2, 0.25) is 0 Å². The van der Waals surface area contributed by atoms with Gasteiger partial charge in [-0.2, -0.15) is 0 Å². The van der Waals surface area contributed by atoms with Crippen molar-refractivity contribution in [2.45, 2.75) is 33.1 Å². The molecule has 3 heteroatoms. The average molecular weight is 215 g/mol. The van der Waals surface area contributed by atoms with Crippen LogP contribution in [0.4, 0.5) is 0 Å². The molecule has 0 aromatic heterocycles. The third kappa shape index (κ3) is 4.49. The molecule has 0 saturated carbocycles. The fourth-order valence-electron chi connectivity index (χ4n) is 1.97. The molecule has 0 aromatic carbocycles. The molecule has 3 nitrogen and oxygen atoms in total. The molecule has 0 radical (unpaired) electrons. The smallest absolute Gasteiger partial charge is 0.0488 e. The summed E-state index contributed by atoms with van der Waals surface area (Å²) in [6, 6.07) is 0. The predicted molar refractivity (Wildman–Crippen MR) is 61.8 cm³/mol. The normalized spacial score (nSPS) is 20.8. The van der Waals surface area contributed by atoms with Gasteiger partial charge in [0.1, 0.15) is 0 Å². The van der Waals surface area contributed by atoms with E-state index in [1.165, 1.54) is 0 Å². The number of rotatable bonds is 6. The van der Waals surface area contributed by atoms with E-state index in [2.05, 4.69) is 13.8 Å². The zero-order valence-electron chi connectivity index (χ0n) is 10.1. The van der Waals surface area contributed by atoms with Crippen LogP contribution < -0.4 is 5.73 Å². The first-order chi connectivity index (χ1) is 7.18. The Hall–Kier alpha value is -0.120. The molecule has 1 saturated heterocycles. The lowest BCUT2D eigenvalue weighted by atomic mass is 9.78. The summed E-state index contributed by atoms with van der Waals surface area (Å²) in [5.74, 6) is 0.619. The van der Waals surface area contributed by atoms with E-state index < -0.39 is 0 Å².